The summed E-state index contributed by atoms with van der Waals surface area (Å²) in [5.41, 5.74) is 1.71. The van der Waals surface area contributed by atoms with Gasteiger partial charge in [0.2, 0.25) is 0 Å². The van der Waals surface area contributed by atoms with Crippen LogP contribution in [0.4, 0.5) is 0 Å². The Morgan fingerprint density at radius 1 is 0.545 bits per heavy atom. The second kappa shape index (κ2) is 9.12. The van der Waals surface area contributed by atoms with E-state index < -0.39 is 22.7 Å². The predicted molar refractivity (Wildman–Crippen MR) is 130 cm³/mol. The number of alkyl halides is 1. The Kier molecular flexibility index (Phi) is 6.05. The number of halogens is 1. The lowest BCUT2D eigenvalue weighted by Crippen LogP contribution is -2.53. The molecule has 1 fully saturated rings. The molecular formula is C29H25ClO3. The van der Waals surface area contributed by atoms with Gasteiger partial charge in [0.05, 0.1) is 0 Å². The molecule has 0 bridgehead atoms. The lowest BCUT2D eigenvalue weighted by atomic mass is 9.74. The van der Waals surface area contributed by atoms with E-state index >= 15 is 0 Å². The molecule has 33 heavy (non-hydrogen) atoms. The third kappa shape index (κ3) is 3.77. The Balaban J connectivity index is 1.70. The van der Waals surface area contributed by atoms with Gasteiger partial charge in [0.1, 0.15) is 29.5 Å². The van der Waals surface area contributed by atoms with Gasteiger partial charge >= 0.3 is 0 Å². The van der Waals surface area contributed by atoms with Gasteiger partial charge in [-0.15, -0.1) is 11.6 Å². The molecule has 0 saturated carbocycles. The van der Waals surface area contributed by atoms with Crippen LogP contribution in [0.15, 0.2) is 121 Å². The maximum absolute atomic E-state index is 12.4. The molecule has 3 nitrogen and oxygen atoms in total. The average Bonchev–Trinajstić information content (AvgIpc) is 3.41. The minimum Gasteiger partial charge on any atom is -0.378 e. The van der Waals surface area contributed by atoms with Crippen LogP contribution in [-0.2, 0) is 19.9 Å². The zero-order valence-electron chi connectivity index (χ0n) is 18.1. The van der Waals surface area contributed by atoms with E-state index in [2.05, 4.69) is 0 Å². The Morgan fingerprint density at radius 3 is 1.27 bits per heavy atom. The van der Waals surface area contributed by atoms with Crippen molar-refractivity contribution >= 4 is 11.6 Å². The topological polar surface area (TPSA) is 38.7 Å². The molecule has 0 amide bonds. The highest BCUT2D eigenvalue weighted by atomic mass is 35.5. The highest BCUT2D eigenvalue weighted by Crippen LogP contribution is 2.49. The van der Waals surface area contributed by atoms with Gasteiger partial charge in [0.25, 0.3) is 0 Å². The fourth-order valence-electron chi connectivity index (χ4n) is 4.76. The van der Waals surface area contributed by atoms with Crippen LogP contribution in [0.1, 0.15) is 22.3 Å². The second-order valence-corrected chi connectivity index (χ2v) is 8.83. The first-order valence-electron chi connectivity index (χ1n) is 11.0. The third-order valence-electron chi connectivity index (χ3n) is 6.39. The first-order valence-corrected chi connectivity index (χ1v) is 11.4. The maximum Gasteiger partial charge on any atom is 0.148 e. The van der Waals surface area contributed by atoms with Crippen LogP contribution in [0.25, 0.3) is 0 Å². The van der Waals surface area contributed by atoms with Gasteiger partial charge < -0.3 is 14.6 Å². The molecular weight excluding hydrogens is 432 g/mol. The van der Waals surface area contributed by atoms with Gasteiger partial charge in [-0.1, -0.05) is 121 Å². The molecule has 5 rings (SSSR count). The van der Waals surface area contributed by atoms with Crippen LogP contribution < -0.4 is 0 Å². The van der Waals surface area contributed by atoms with E-state index in [-0.39, 0.29) is 6.79 Å². The highest BCUT2D eigenvalue weighted by Gasteiger charge is 2.57. The molecule has 0 unspecified atom stereocenters. The van der Waals surface area contributed by atoms with Gasteiger partial charge in [-0.2, -0.15) is 0 Å². The Morgan fingerprint density at radius 2 is 0.879 bits per heavy atom. The van der Waals surface area contributed by atoms with Gasteiger partial charge in [-0.05, 0) is 22.3 Å². The van der Waals surface area contributed by atoms with Crippen molar-refractivity contribution in [3.8, 4) is 0 Å². The molecule has 4 heteroatoms. The fraction of sp³-hybridized carbons (Fsp3) is 0.172. The zero-order chi connectivity index (χ0) is 22.7. The molecule has 1 heterocycles. The molecule has 0 aliphatic carbocycles. The standard InChI is InChI=1S/C29H25ClO3/c30-28(22-13-5-1-6-14-22,23-15-7-2-8-16-23)26-27(33-21-32-26)29(31,24-17-9-3-10-18-24)25-19-11-4-12-20-25/h1-20,26-27,31H,21H2/t26-,27-/m1/s1. The molecule has 0 spiro atoms. The monoisotopic (exact) mass is 456 g/mol. The van der Waals surface area contributed by atoms with Crippen molar-refractivity contribution in [2.45, 2.75) is 22.7 Å². The van der Waals surface area contributed by atoms with E-state index in [1.807, 2.05) is 121 Å². The molecule has 1 aliphatic heterocycles. The van der Waals surface area contributed by atoms with Crippen molar-refractivity contribution in [2.24, 2.45) is 0 Å². The van der Waals surface area contributed by atoms with Crippen molar-refractivity contribution in [1.82, 2.24) is 0 Å². The van der Waals surface area contributed by atoms with Crippen LogP contribution in [-0.4, -0.2) is 24.1 Å². The van der Waals surface area contributed by atoms with Crippen LogP contribution in [0.2, 0.25) is 0 Å². The highest BCUT2D eigenvalue weighted by molar-refractivity contribution is 6.26. The van der Waals surface area contributed by atoms with Crippen molar-refractivity contribution in [2.75, 3.05) is 6.79 Å². The smallest absolute Gasteiger partial charge is 0.148 e. The predicted octanol–water partition coefficient (Wildman–Crippen LogP) is 5.85. The first kappa shape index (κ1) is 21.9. The summed E-state index contributed by atoms with van der Waals surface area (Å²) in [6.07, 6.45) is -1.44. The summed E-state index contributed by atoms with van der Waals surface area (Å²) < 4.78 is 12.4. The third-order valence-corrected chi connectivity index (χ3v) is 7.04. The van der Waals surface area contributed by atoms with Crippen molar-refractivity contribution in [3.05, 3.63) is 144 Å². The van der Waals surface area contributed by atoms with E-state index in [0.29, 0.717) is 0 Å². The fourth-order valence-corrected chi connectivity index (χ4v) is 5.19. The Hall–Kier alpha value is -2.95. The van der Waals surface area contributed by atoms with Crippen LogP contribution >= 0.6 is 11.6 Å². The lowest BCUT2D eigenvalue weighted by Gasteiger charge is -2.42. The first-order chi connectivity index (χ1) is 16.1. The number of ether oxygens (including phenoxy) is 2. The molecule has 2 atom stereocenters. The van der Waals surface area contributed by atoms with E-state index in [4.69, 9.17) is 21.1 Å². The van der Waals surface area contributed by atoms with Gasteiger partial charge in [0, 0.05) is 0 Å². The van der Waals surface area contributed by atoms with Crippen molar-refractivity contribution in [3.63, 3.8) is 0 Å². The summed E-state index contributed by atoms with van der Waals surface area (Å²) in [5, 5.41) is 12.4. The summed E-state index contributed by atoms with van der Waals surface area (Å²) in [6.45, 7) is 0.0332. The Labute approximate surface area is 199 Å². The molecule has 4 aromatic rings. The second-order valence-electron chi connectivity index (χ2n) is 8.23. The Bertz CT molecular complexity index is 993. The molecule has 1 aliphatic rings. The van der Waals surface area contributed by atoms with E-state index in [1.54, 1.807) is 0 Å². The number of hydrogen-bond donors (Lipinski definition) is 1. The summed E-state index contributed by atoms with van der Waals surface area (Å²) in [5.74, 6) is 0. The molecule has 0 aromatic heterocycles. The minimum absolute atomic E-state index is 0.0332. The quantitative estimate of drug-likeness (QED) is 0.370. The summed E-state index contributed by atoms with van der Waals surface area (Å²) in [6, 6.07) is 38.9. The van der Waals surface area contributed by atoms with E-state index in [9.17, 15) is 5.11 Å². The van der Waals surface area contributed by atoms with Crippen molar-refractivity contribution in [1.29, 1.82) is 0 Å². The molecule has 1 saturated heterocycles. The van der Waals surface area contributed by atoms with Crippen LogP contribution in [0, 0.1) is 0 Å². The summed E-state index contributed by atoms with van der Waals surface area (Å²) >= 11 is 7.56. The molecule has 166 valence electrons. The summed E-state index contributed by atoms with van der Waals surface area (Å²) in [4.78, 5) is -1.08. The van der Waals surface area contributed by atoms with E-state index in [1.165, 1.54) is 0 Å². The number of benzene rings is 4. The van der Waals surface area contributed by atoms with Crippen molar-refractivity contribution < 1.29 is 14.6 Å². The normalized spacial score (nSPS) is 18.8. The number of aliphatic hydroxyl groups is 1. The lowest BCUT2D eigenvalue weighted by molar-refractivity contribution is -0.0704. The molecule has 1 N–H and O–H groups in total. The van der Waals surface area contributed by atoms with E-state index in [0.717, 1.165) is 22.3 Å². The number of hydrogen-bond acceptors (Lipinski definition) is 3. The molecule has 4 aromatic carbocycles. The van der Waals surface area contributed by atoms with Crippen LogP contribution in [0.5, 0.6) is 0 Å². The SMILES string of the molecule is OC(c1ccccc1)(c1ccccc1)[C@@H]1OCO[C@H]1C(Cl)(c1ccccc1)c1ccccc1. The van der Waals surface area contributed by atoms with Gasteiger partial charge in [0.15, 0.2) is 0 Å². The minimum atomic E-state index is -1.48. The van der Waals surface area contributed by atoms with Gasteiger partial charge in [-0.3, -0.25) is 0 Å². The number of rotatable bonds is 6. The largest absolute Gasteiger partial charge is 0.378 e. The van der Waals surface area contributed by atoms with Gasteiger partial charge in [-0.25, -0.2) is 0 Å². The average molecular weight is 457 g/mol. The van der Waals surface area contributed by atoms with Crippen LogP contribution in [0.3, 0.4) is 0 Å². The molecule has 0 radical (unpaired) electrons. The summed E-state index contributed by atoms with van der Waals surface area (Å²) in [7, 11) is 0. The maximum atomic E-state index is 12.4. The zero-order valence-corrected chi connectivity index (χ0v) is 18.8.